The maximum atomic E-state index is 12.9. The number of rotatable bonds is 4. The van der Waals surface area contributed by atoms with Crippen molar-refractivity contribution < 1.29 is 4.79 Å². The summed E-state index contributed by atoms with van der Waals surface area (Å²) in [5.41, 5.74) is 2.42. The number of carbonyl (C=O) groups is 1. The first-order valence-electron chi connectivity index (χ1n) is 8.30. The summed E-state index contributed by atoms with van der Waals surface area (Å²) in [4.78, 5) is 26.7. The Morgan fingerprint density at radius 3 is 2.28 bits per heavy atom. The van der Waals surface area contributed by atoms with Gasteiger partial charge in [-0.2, -0.15) is 5.10 Å². The molecular weight excluding hydrogens is 314 g/mol. The van der Waals surface area contributed by atoms with Gasteiger partial charge in [0.15, 0.2) is 5.69 Å². The summed E-state index contributed by atoms with van der Waals surface area (Å²) >= 11 is 0. The fourth-order valence-corrected chi connectivity index (χ4v) is 2.86. The van der Waals surface area contributed by atoms with Crippen LogP contribution in [0.15, 0.2) is 53.3 Å². The average molecular weight is 335 g/mol. The van der Waals surface area contributed by atoms with Gasteiger partial charge in [-0.15, -0.1) is 0 Å². The molecule has 0 aliphatic heterocycles. The van der Waals surface area contributed by atoms with Crippen molar-refractivity contribution in [3.8, 4) is 0 Å². The first-order chi connectivity index (χ1) is 12.0. The highest BCUT2D eigenvalue weighted by Gasteiger charge is 2.19. The zero-order chi connectivity index (χ0) is 18.0. The fourth-order valence-electron chi connectivity index (χ4n) is 2.86. The van der Waals surface area contributed by atoms with Crippen molar-refractivity contribution >= 4 is 16.7 Å². The summed E-state index contributed by atoms with van der Waals surface area (Å²) in [6.45, 7) is 2.60. The zero-order valence-electron chi connectivity index (χ0n) is 14.7. The molecule has 0 bridgehead atoms. The van der Waals surface area contributed by atoms with Gasteiger partial charge < -0.3 is 4.90 Å². The molecule has 25 heavy (non-hydrogen) atoms. The van der Waals surface area contributed by atoms with Crippen molar-refractivity contribution in [3.63, 3.8) is 0 Å². The second-order valence-corrected chi connectivity index (χ2v) is 6.15. The summed E-state index contributed by atoms with van der Waals surface area (Å²) < 4.78 is 1.22. The number of hydrogen-bond donors (Lipinski definition) is 0. The lowest BCUT2D eigenvalue weighted by molar-refractivity contribution is 0.0779. The van der Waals surface area contributed by atoms with Crippen LogP contribution in [0.2, 0.25) is 0 Å². The van der Waals surface area contributed by atoms with Gasteiger partial charge >= 0.3 is 0 Å². The summed E-state index contributed by atoms with van der Waals surface area (Å²) in [6, 6.07) is 15.3. The largest absolute Gasteiger partial charge is 0.336 e. The van der Waals surface area contributed by atoms with Gasteiger partial charge in [-0.3, -0.25) is 9.59 Å². The molecule has 0 saturated carbocycles. The van der Waals surface area contributed by atoms with E-state index in [0.29, 0.717) is 23.0 Å². The van der Waals surface area contributed by atoms with Gasteiger partial charge in [-0.1, -0.05) is 49.4 Å². The molecule has 128 valence electrons. The maximum Gasteiger partial charge on any atom is 0.274 e. The van der Waals surface area contributed by atoms with Crippen LogP contribution in [0.4, 0.5) is 0 Å². The van der Waals surface area contributed by atoms with E-state index in [4.69, 9.17) is 0 Å². The lowest BCUT2D eigenvalue weighted by atomic mass is 10.1. The van der Waals surface area contributed by atoms with Crippen LogP contribution in [0.5, 0.6) is 0 Å². The molecule has 1 amide bonds. The maximum absolute atomic E-state index is 12.9. The third-order valence-corrected chi connectivity index (χ3v) is 4.36. The first-order valence-corrected chi connectivity index (χ1v) is 8.30. The fraction of sp³-hybridized carbons (Fsp3) is 0.250. The van der Waals surface area contributed by atoms with E-state index in [1.165, 1.54) is 10.2 Å². The summed E-state index contributed by atoms with van der Waals surface area (Å²) in [5.74, 6) is -0.202. The third-order valence-electron chi connectivity index (χ3n) is 4.36. The molecule has 3 aromatic rings. The molecule has 1 aromatic heterocycles. The minimum absolute atomic E-state index is 0.202. The molecule has 2 aromatic carbocycles. The number of hydrogen-bond acceptors (Lipinski definition) is 3. The molecular formula is C20H21N3O2. The highest BCUT2D eigenvalue weighted by atomic mass is 16.2. The zero-order valence-corrected chi connectivity index (χ0v) is 14.7. The van der Waals surface area contributed by atoms with E-state index in [1.54, 1.807) is 37.2 Å². The Balaban J connectivity index is 1.93. The predicted octanol–water partition coefficient (Wildman–Crippen LogP) is 2.77. The Morgan fingerprint density at radius 1 is 1.04 bits per heavy atom. The molecule has 0 spiro atoms. The SMILES string of the molecule is CCc1ccc(CN(C)C(=O)c2nn(C)c(=O)c3ccccc23)cc1. The summed E-state index contributed by atoms with van der Waals surface area (Å²) in [5, 5.41) is 5.29. The van der Waals surface area contributed by atoms with E-state index in [1.807, 2.05) is 18.2 Å². The molecule has 0 aliphatic rings. The van der Waals surface area contributed by atoms with Gasteiger partial charge in [0.1, 0.15) is 0 Å². The summed E-state index contributed by atoms with van der Waals surface area (Å²) in [6.07, 6.45) is 0.989. The standard InChI is InChI=1S/C20H21N3O2/c1-4-14-9-11-15(12-10-14)13-22(2)20(25)18-16-7-5-6-8-17(16)19(24)23(3)21-18/h5-12H,4,13H2,1-3H3. The average Bonchev–Trinajstić information content (AvgIpc) is 2.64. The molecule has 0 radical (unpaired) electrons. The van der Waals surface area contributed by atoms with E-state index in [2.05, 4.69) is 24.2 Å². The highest BCUT2D eigenvalue weighted by molar-refractivity contribution is 6.04. The van der Waals surface area contributed by atoms with Gasteiger partial charge in [0, 0.05) is 26.0 Å². The van der Waals surface area contributed by atoms with Crippen LogP contribution in [0.1, 0.15) is 28.5 Å². The van der Waals surface area contributed by atoms with Gasteiger partial charge in [0.25, 0.3) is 11.5 Å². The van der Waals surface area contributed by atoms with Crippen LogP contribution in [0.25, 0.3) is 10.8 Å². The second kappa shape index (κ2) is 6.89. The van der Waals surface area contributed by atoms with Crippen LogP contribution in [-0.4, -0.2) is 27.6 Å². The minimum Gasteiger partial charge on any atom is -0.336 e. The predicted molar refractivity (Wildman–Crippen MR) is 98.6 cm³/mol. The molecule has 3 rings (SSSR count). The Morgan fingerprint density at radius 2 is 1.64 bits per heavy atom. The normalized spacial score (nSPS) is 10.8. The molecule has 0 fully saturated rings. The molecule has 0 saturated heterocycles. The van der Waals surface area contributed by atoms with Crippen LogP contribution < -0.4 is 5.56 Å². The monoisotopic (exact) mass is 335 g/mol. The van der Waals surface area contributed by atoms with E-state index < -0.39 is 0 Å². The number of carbonyl (C=O) groups excluding carboxylic acids is 1. The lowest BCUT2D eigenvalue weighted by Gasteiger charge is -2.18. The number of amides is 1. The summed E-state index contributed by atoms with van der Waals surface area (Å²) in [7, 11) is 3.31. The van der Waals surface area contributed by atoms with Crippen molar-refractivity contribution in [2.75, 3.05) is 7.05 Å². The number of aryl methyl sites for hydroxylation is 2. The topological polar surface area (TPSA) is 55.2 Å². The number of nitrogens with zero attached hydrogens (tertiary/aromatic N) is 3. The van der Waals surface area contributed by atoms with E-state index in [0.717, 1.165) is 12.0 Å². The van der Waals surface area contributed by atoms with Crippen molar-refractivity contribution in [2.24, 2.45) is 7.05 Å². The van der Waals surface area contributed by atoms with Crippen LogP contribution in [0.3, 0.4) is 0 Å². The van der Waals surface area contributed by atoms with E-state index in [-0.39, 0.29) is 11.5 Å². The van der Waals surface area contributed by atoms with Gasteiger partial charge in [-0.05, 0) is 23.6 Å². The number of fused-ring (bicyclic) bond motifs is 1. The minimum atomic E-state index is -0.204. The van der Waals surface area contributed by atoms with Crippen molar-refractivity contribution in [3.05, 3.63) is 75.7 Å². The van der Waals surface area contributed by atoms with Crippen molar-refractivity contribution in [2.45, 2.75) is 19.9 Å². The molecule has 0 unspecified atom stereocenters. The van der Waals surface area contributed by atoms with Gasteiger partial charge in [0.2, 0.25) is 0 Å². The second-order valence-electron chi connectivity index (χ2n) is 6.15. The lowest BCUT2D eigenvalue weighted by Crippen LogP contribution is -2.30. The first kappa shape index (κ1) is 16.9. The van der Waals surface area contributed by atoms with Crippen LogP contribution in [-0.2, 0) is 20.0 Å². The third kappa shape index (κ3) is 3.31. The number of benzene rings is 2. The molecule has 5 nitrogen and oxygen atoms in total. The van der Waals surface area contributed by atoms with Crippen LogP contribution in [0, 0.1) is 0 Å². The van der Waals surface area contributed by atoms with Crippen LogP contribution >= 0.6 is 0 Å². The molecule has 0 N–H and O–H groups in total. The molecule has 0 atom stereocenters. The molecule has 0 aliphatic carbocycles. The smallest absolute Gasteiger partial charge is 0.274 e. The Bertz CT molecular complexity index is 974. The highest BCUT2D eigenvalue weighted by Crippen LogP contribution is 2.16. The van der Waals surface area contributed by atoms with E-state index >= 15 is 0 Å². The number of aromatic nitrogens is 2. The Kier molecular flexibility index (Phi) is 4.65. The van der Waals surface area contributed by atoms with Gasteiger partial charge in [0.05, 0.1) is 5.39 Å². The molecule has 5 heteroatoms. The Labute approximate surface area is 146 Å². The van der Waals surface area contributed by atoms with Crippen molar-refractivity contribution in [1.29, 1.82) is 0 Å². The van der Waals surface area contributed by atoms with Crippen molar-refractivity contribution in [1.82, 2.24) is 14.7 Å². The molecule has 1 heterocycles. The Hall–Kier alpha value is -2.95. The van der Waals surface area contributed by atoms with Gasteiger partial charge in [-0.25, -0.2) is 4.68 Å². The van der Waals surface area contributed by atoms with E-state index in [9.17, 15) is 9.59 Å². The quantitative estimate of drug-likeness (QED) is 0.737.